The van der Waals surface area contributed by atoms with Gasteiger partial charge in [-0.25, -0.2) is 4.79 Å². The SMILES string of the molecule is C=C1C[C@@H](C2NC=C(c3ccc4cc(Br)ccc4c3)N2)N(C(=O)[C@@H](NC(=O)OC)C(C)C)C1. The lowest BCUT2D eigenvalue weighted by Gasteiger charge is -2.33. The zero-order valence-electron chi connectivity index (χ0n) is 19.0. The maximum absolute atomic E-state index is 13.4. The number of hydrogen-bond donors (Lipinski definition) is 3. The number of amides is 2. The molecule has 0 spiro atoms. The van der Waals surface area contributed by atoms with Crippen molar-refractivity contribution >= 4 is 44.4 Å². The fraction of sp³-hybridized carbons (Fsp3) is 0.360. The number of nitrogens with one attached hydrogen (secondary N) is 3. The Morgan fingerprint density at radius 1 is 1.21 bits per heavy atom. The number of likely N-dealkylation sites (tertiary alicyclic amines) is 1. The lowest BCUT2D eigenvalue weighted by atomic mass is 10.0. The lowest BCUT2D eigenvalue weighted by Crippen LogP contribution is -2.57. The monoisotopic (exact) mass is 512 g/mol. The van der Waals surface area contributed by atoms with Crippen LogP contribution in [0.4, 0.5) is 4.79 Å². The average molecular weight is 513 g/mol. The number of halogens is 1. The molecule has 2 heterocycles. The average Bonchev–Trinajstić information content (AvgIpc) is 3.43. The van der Waals surface area contributed by atoms with Gasteiger partial charge in [0, 0.05) is 17.2 Å². The minimum Gasteiger partial charge on any atom is -0.453 e. The Hall–Kier alpha value is -3.00. The molecule has 7 nitrogen and oxygen atoms in total. The number of alkyl carbamates (subject to hydrolysis) is 1. The van der Waals surface area contributed by atoms with Crippen LogP contribution < -0.4 is 16.0 Å². The summed E-state index contributed by atoms with van der Waals surface area (Å²) in [6.07, 6.45) is 1.88. The van der Waals surface area contributed by atoms with E-state index in [2.05, 4.69) is 68.8 Å². The van der Waals surface area contributed by atoms with E-state index in [4.69, 9.17) is 4.74 Å². The molecule has 4 rings (SSSR count). The molecule has 8 heteroatoms. The highest BCUT2D eigenvalue weighted by molar-refractivity contribution is 9.10. The molecule has 1 fully saturated rings. The molecule has 33 heavy (non-hydrogen) atoms. The van der Waals surface area contributed by atoms with Gasteiger partial charge >= 0.3 is 6.09 Å². The molecule has 0 aromatic heterocycles. The van der Waals surface area contributed by atoms with Gasteiger partial charge in [0.1, 0.15) is 12.2 Å². The highest BCUT2D eigenvalue weighted by Gasteiger charge is 2.41. The van der Waals surface area contributed by atoms with Crippen molar-refractivity contribution < 1.29 is 14.3 Å². The summed E-state index contributed by atoms with van der Waals surface area (Å²) < 4.78 is 5.77. The summed E-state index contributed by atoms with van der Waals surface area (Å²) in [6.45, 7) is 8.40. The van der Waals surface area contributed by atoms with Crippen LogP contribution in [0.25, 0.3) is 16.5 Å². The van der Waals surface area contributed by atoms with Crippen molar-refractivity contribution in [1.29, 1.82) is 0 Å². The van der Waals surface area contributed by atoms with Gasteiger partial charge in [-0.05, 0) is 46.9 Å². The predicted molar refractivity (Wildman–Crippen MR) is 133 cm³/mol. The Kier molecular flexibility index (Phi) is 6.65. The topological polar surface area (TPSA) is 82.7 Å². The smallest absolute Gasteiger partial charge is 0.407 e. The van der Waals surface area contributed by atoms with E-state index in [9.17, 15) is 9.59 Å². The second-order valence-corrected chi connectivity index (χ2v) is 9.81. The molecular weight excluding hydrogens is 484 g/mol. The van der Waals surface area contributed by atoms with Crippen LogP contribution in [0.1, 0.15) is 25.8 Å². The van der Waals surface area contributed by atoms with E-state index < -0.39 is 12.1 Å². The van der Waals surface area contributed by atoms with E-state index >= 15 is 0 Å². The number of rotatable bonds is 5. The number of carbonyl (C=O) groups excluding carboxylic acids is 2. The molecule has 174 valence electrons. The summed E-state index contributed by atoms with van der Waals surface area (Å²) in [4.78, 5) is 27.0. The summed E-state index contributed by atoms with van der Waals surface area (Å²) in [5, 5.41) is 12.0. The number of nitrogens with zero attached hydrogens (tertiary/aromatic N) is 1. The Labute approximate surface area is 202 Å². The van der Waals surface area contributed by atoms with Crippen LogP contribution >= 0.6 is 15.9 Å². The van der Waals surface area contributed by atoms with Gasteiger partial charge in [0.15, 0.2) is 0 Å². The number of benzene rings is 2. The van der Waals surface area contributed by atoms with Crippen molar-refractivity contribution in [3.63, 3.8) is 0 Å². The molecule has 1 unspecified atom stereocenters. The quantitative estimate of drug-likeness (QED) is 0.528. The number of methoxy groups -OCH3 is 1. The first-order chi connectivity index (χ1) is 15.8. The summed E-state index contributed by atoms with van der Waals surface area (Å²) in [6, 6.07) is 11.8. The Balaban J connectivity index is 1.50. The van der Waals surface area contributed by atoms with E-state index in [1.807, 2.05) is 31.0 Å². The maximum atomic E-state index is 13.4. The standard InChI is InChI=1S/C25H29BrN4O3/c1-14(2)22(29-25(32)33-4)24(31)30-13-15(3)9-21(30)23-27-12-20(28-23)18-6-5-17-11-19(26)8-7-16(17)10-18/h5-8,10-12,14,21-23,27-28H,3,9,13H2,1-2,4H3,(H,29,32)/t21-,22-,23?/m0/s1. The van der Waals surface area contributed by atoms with E-state index in [0.29, 0.717) is 13.0 Å². The van der Waals surface area contributed by atoms with E-state index in [-0.39, 0.29) is 24.0 Å². The normalized spacial score (nSPS) is 20.9. The molecule has 2 aliphatic heterocycles. The number of carbonyl (C=O) groups is 2. The van der Waals surface area contributed by atoms with Crippen LogP contribution in [0, 0.1) is 5.92 Å². The first kappa shape index (κ1) is 23.2. The molecule has 3 atom stereocenters. The molecule has 2 aromatic rings. The molecule has 0 radical (unpaired) electrons. The molecule has 3 N–H and O–H groups in total. The Bertz CT molecular complexity index is 1130. The van der Waals surface area contributed by atoms with Crippen LogP contribution in [0.5, 0.6) is 0 Å². The van der Waals surface area contributed by atoms with Crippen LogP contribution in [0.3, 0.4) is 0 Å². The third-order valence-corrected chi connectivity index (χ3v) is 6.68. The van der Waals surface area contributed by atoms with Crippen molar-refractivity contribution in [2.75, 3.05) is 13.7 Å². The van der Waals surface area contributed by atoms with Crippen molar-refractivity contribution in [1.82, 2.24) is 20.9 Å². The molecule has 0 saturated carbocycles. The van der Waals surface area contributed by atoms with Gasteiger partial charge in [0.2, 0.25) is 5.91 Å². The minimum absolute atomic E-state index is 0.0815. The lowest BCUT2D eigenvalue weighted by molar-refractivity contribution is -0.135. The zero-order valence-corrected chi connectivity index (χ0v) is 20.6. The Morgan fingerprint density at radius 3 is 2.67 bits per heavy atom. The number of ether oxygens (including phenoxy) is 1. The van der Waals surface area contributed by atoms with Gasteiger partial charge in [-0.15, -0.1) is 0 Å². The highest BCUT2D eigenvalue weighted by atomic mass is 79.9. The fourth-order valence-corrected chi connectivity index (χ4v) is 4.81. The van der Waals surface area contributed by atoms with Gasteiger partial charge in [-0.2, -0.15) is 0 Å². The van der Waals surface area contributed by atoms with Crippen LogP contribution in [0.15, 0.2) is 59.2 Å². The molecule has 2 aliphatic rings. The first-order valence-corrected chi connectivity index (χ1v) is 11.8. The molecule has 0 aliphatic carbocycles. The highest BCUT2D eigenvalue weighted by Crippen LogP contribution is 2.29. The molecule has 0 bridgehead atoms. The summed E-state index contributed by atoms with van der Waals surface area (Å²) in [5.74, 6) is -0.214. The largest absolute Gasteiger partial charge is 0.453 e. The van der Waals surface area contributed by atoms with E-state index in [1.165, 1.54) is 7.11 Å². The summed E-state index contributed by atoms with van der Waals surface area (Å²) in [7, 11) is 1.29. The number of fused-ring (bicyclic) bond motifs is 1. The molecule has 1 saturated heterocycles. The van der Waals surface area contributed by atoms with Crippen LogP contribution in [-0.4, -0.2) is 48.8 Å². The molecule has 2 amide bonds. The van der Waals surface area contributed by atoms with E-state index in [1.54, 1.807) is 0 Å². The second kappa shape index (κ2) is 9.47. The van der Waals surface area contributed by atoms with Gasteiger partial charge in [0.05, 0.1) is 18.8 Å². The third-order valence-electron chi connectivity index (χ3n) is 6.18. The number of hydrogen-bond acceptors (Lipinski definition) is 5. The van der Waals surface area contributed by atoms with Crippen molar-refractivity contribution in [2.24, 2.45) is 5.92 Å². The van der Waals surface area contributed by atoms with Gasteiger partial charge in [-0.3, -0.25) is 4.79 Å². The first-order valence-electron chi connectivity index (χ1n) is 11.0. The molecule has 2 aromatic carbocycles. The van der Waals surface area contributed by atoms with Gasteiger partial charge in [0.25, 0.3) is 0 Å². The Morgan fingerprint density at radius 2 is 1.94 bits per heavy atom. The van der Waals surface area contributed by atoms with Crippen molar-refractivity contribution in [3.05, 3.63) is 64.8 Å². The predicted octanol–water partition coefficient (Wildman–Crippen LogP) is 3.96. The van der Waals surface area contributed by atoms with Crippen LogP contribution in [-0.2, 0) is 9.53 Å². The van der Waals surface area contributed by atoms with Gasteiger partial charge < -0.3 is 25.6 Å². The maximum Gasteiger partial charge on any atom is 0.407 e. The summed E-state index contributed by atoms with van der Waals surface area (Å²) >= 11 is 3.52. The fourth-order valence-electron chi connectivity index (χ4n) is 4.43. The summed E-state index contributed by atoms with van der Waals surface area (Å²) in [5.41, 5.74) is 3.03. The second-order valence-electron chi connectivity index (χ2n) is 8.90. The van der Waals surface area contributed by atoms with Crippen LogP contribution in [0.2, 0.25) is 0 Å². The zero-order chi connectivity index (χ0) is 23.7. The minimum atomic E-state index is -0.667. The van der Waals surface area contributed by atoms with E-state index in [0.717, 1.165) is 32.1 Å². The molecular formula is C25H29BrN4O3. The van der Waals surface area contributed by atoms with Gasteiger partial charge in [-0.1, -0.05) is 60.1 Å². The van der Waals surface area contributed by atoms with Crippen molar-refractivity contribution in [2.45, 2.75) is 38.5 Å². The third kappa shape index (κ3) is 4.85. The van der Waals surface area contributed by atoms with Crippen molar-refractivity contribution in [3.8, 4) is 0 Å².